The summed E-state index contributed by atoms with van der Waals surface area (Å²) in [6.45, 7) is 3.15. The number of aliphatic carboxylic acids is 1. The topological polar surface area (TPSA) is 49.8 Å². The number of carbonyl (C=O) groups is 1. The number of piperidine rings is 1. The highest BCUT2D eigenvalue weighted by Crippen LogP contribution is 2.49. The minimum atomic E-state index is -2.39. The van der Waals surface area contributed by atoms with E-state index >= 15 is 0 Å². The first-order valence-electron chi connectivity index (χ1n) is 10.7. The molecular weight excluding hydrogens is 376 g/mol. The number of hydrogen-bond acceptors (Lipinski definition) is 3. The van der Waals surface area contributed by atoms with Crippen molar-refractivity contribution in [2.75, 3.05) is 26.7 Å². The van der Waals surface area contributed by atoms with Crippen LogP contribution in [0.15, 0.2) is 30.3 Å². The van der Waals surface area contributed by atoms with Gasteiger partial charge in [-0.15, -0.1) is 0 Å². The SMILES string of the molecule is COCc1ccccc1.O=C(O)CC1CC(C2CCN(CC3CC3(F)F)CC2)C1. The Morgan fingerprint density at radius 2 is 1.79 bits per heavy atom. The molecule has 2 aliphatic carbocycles. The number of benzene rings is 1. The van der Waals surface area contributed by atoms with Gasteiger partial charge in [-0.2, -0.15) is 0 Å². The number of carboxylic acids is 1. The van der Waals surface area contributed by atoms with Crippen molar-refractivity contribution in [3.05, 3.63) is 35.9 Å². The fourth-order valence-corrected chi connectivity index (χ4v) is 4.71. The van der Waals surface area contributed by atoms with Gasteiger partial charge >= 0.3 is 5.97 Å². The minimum Gasteiger partial charge on any atom is -0.481 e. The molecular formula is C23H33F2NO3. The second-order valence-corrected chi connectivity index (χ2v) is 8.91. The van der Waals surface area contributed by atoms with E-state index in [2.05, 4.69) is 4.90 Å². The van der Waals surface area contributed by atoms with E-state index in [9.17, 15) is 13.6 Å². The highest BCUT2D eigenvalue weighted by atomic mass is 19.3. The minimum absolute atomic E-state index is 0.0758. The van der Waals surface area contributed by atoms with Crippen LogP contribution in [0.5, 0.6) is 0 Å². The van der Waals surface area contributed by atoms with Crippen LogP contribution in [0.3, 0.4) is 0 Å². The summed E-state index contributed by atoms with van der Waals surface area (Å²) in [6.07, 6.45) is 4.69. The molecule has 3 aliphatic rings. The summed E-state index contributed by atoms with van der Waals surface area (Å²) >= 11 is 0. The maximum absolute atomic E-state index is 12.9. The Bertz CT molecular complexity index is 641. The molecule has 0 amide bonds. The molecule has 6 heteroatoms. The zero-order valence-electron chi connectivity index (χ0n) is 17.2. The van der Waals surface area contributed by atoms with Crippen LogP contribution < -0.4 is 0 Å². The van der Waals surface area contributed by atoms with Gasteiger partial charge in [-0.1, -0.05) is 30.3 Å². The van der Waals surface area contributed by atoms with Crippen molar-refractivity contribution in [3.63, 3.8) is 0 Å². The van der Waals surface area contributed by atoms with Crippen molar-refractivity contribution in [2.45, 2.75) is 51.1 Å². The molecule has 0 spiro atoms. The number of alkyl halides is 2. The van der Waals surface area contributed by atoms with Crippen molar-refractivity contribution >= 4 is 5.97 Å². The van der Waals surface area contributed by atoms with Gasteiger partial charge in [0.2, 0.25) is 0 Å². The molecule has 1 unspecified atom stereocenters. The number of ether oxygens (including phenoxy) is 1. The smallest absolute Gasteiger partial charge is 0.303 e. The lowest BCUT2D eigenvalue weighted by Crippen LogP contribution is -2.41. The molecule has 1 aromatic rings. The van der Waals surface area contributed by atoms with Crippen LogP contribution in [0, 0.1) is 23.7 Å². The van der Waals surface area contributed by atoms with Gasteiger partial charge in [0.15, 0.2) is 0 Å². The second-order valence-electron chi connectivity index (χ2n) is 8.91. The van der Waals surface area contributed by atoms with Crippen LogP contribution in [0.25, 0.3) is 0 Å². The molecule has 4 nitrogen and oxygen atoms in total. The zero-order valence-corrected chi connectivity index (χ0v) is 17.2. The number of hydrogen-bond donors (Lipinski definition) is 1. The van der Waals surface area contributed by atoms with Crippen LogP contribution in [0.4, 0.5) is 8.78 Å². The number of methoxy groups -OCH3 is 1. The molecule has 1 heterocycles. The molecule has 0 bridgehead atoms. The van der Waals surface area contributed by atoms with Crippen molar-refractivity contribution in [1.82, 2.24) is 4.90 Å². The third-order valence-electron chi connectivity index (χ3n) is 6.62. The highest BCUT2D eigenvalue weighted by molar-refractivity contribution is 5.67. The average Bonchev–Trinajstić information content (AvgIpc) is 3.26. The normalized spacial score (nSPS) is 28.7. The summed E-state index contributed by atoms with van der Waals surface area (Å²) in [4.78, 5) is 12.8. The first-order chi connectivity index (χ1) is 13.9. The molecule has 2 saturated carbocycles. The predicted molar refractivity (Wildman–Crippen MR) is 108 cm³/mol. The molecule has 0 radical (unpaired) electrons. The van der Waals surface area contributed by atoms with Gasteiger partial charge in [-0.25, -0.2) is 8.78 Å². The van der Waals surface area contributed by atoms with Crippen LogP contribution in [0.1, 0.15) is 44.1 Å². The van der Waals surface area contributed by atoms with Gasteiger partial charge in [0.25, 0.3) is 5.92 Å². The number of halogens is 2. The summed E-state index contributed by atoms with van der Waals surface area (Å²) in [5.41, 5.74) is 1.22. The van der Waals surface area contributed by atoms with E-state index in [1.807, 2.05) is 30.3 Å². The molecule has 1 saturated heterocycles. The van der Waals surface area contributed by atoms with Gasteiger partial charge in [0, 0.05) is 32.4 Å². The van der Waals surface area contributed by atoms with Crippen LogP contribution in [-0.2, 0) is 16.1 Å². The fourth-order valence-electron chi connectivity index (χ4n) is 4.71. The lowest BCUT2D eigenvalue weighted by Gasteiger charge is -2.43. The molecule has 3 fully saturated rings. The van der Waals surface area contributed by atoms with Gasteiger partial charge in [-0.3, -0.25) is 4.79 Å². The van der Waals surface area contributed by atoms with Crippen molar-refractivity contribution in [3.8, 4) is 0 Å². The van der Waals surface area contributed by atoms with Crippen molar-refractivity contribution < 1.29 is 23.4 Å². The second kappa shape index (κ2) is 9.98. The molecule has 1 aromatic carbocycles. The van der Waals surface area contributed by atoms with Crippen molar-refractivity contribution in [2.24, 2.45) is 23.7 Å². The molecule has 0 aromatic heterocycles. The summed E-state index contributed by atoms with van der Waals surface area (Å²) in [5.74, 6) is -1.73. The predicted octanol–water partition coefficient (Wildman–Crippen LogP) is 4.69. The Morgan fingerprint density at radius 1 is 1.17 bits per heavy atom. The Labute approximate surface area is 172 Å². The van der Waals surface area contributed by atoms with Crippen LogP contribution in [-0.4, -0.2) is 48.6 Å². The molecule has 1 N–H and O–H groups in total. The highest BCUT2D eigenvalue weighted by Gasteiger charge is 2.57. The Hall–Kier alpha value is -1.53. The van der Waals surface area contributed by atoms with E-state index in [0.29, 0.717) is 37.3 Å². The maximum atomic E-state index is 12.9. The van der Waals surface area contributed by atoms with Gasteiger partial charge in [-0.05, 0) is 62.1 Å². The van der Waals surface area contributed by atoms with Crippen molar-refractivity contribution in [1.29, 1.82) is 0 Å². The average molecular weight is 410 g/mol. The van der Waals surface area contributed by atoms with E-state index in [-0.39, 0.29) is 6.42 Å². The van der Waals surface area contributed by atoms with Gasteiger partial charge < -0.3 is 14.7 Å². The number of rotatable bonds is 7. The zero-order chi connectivity index (χ0) is 20.9. The van der Waals surface area contributed by atoms with Crippen LogP contribution >= 0.6 is 0 Å². The largest absolute Gasteiger partial charge is 0.481 e. The number of nitrogens with zero attached hydrogens (tertiary/aromatic N) is 1. The van der Waals surface area contributed by atoms with E-state index in [1.165, 1.54) is 5.56 Å². The Kier molecular flexibility index (Phi) is 7.63. The van der Waals surface area contributed by atoms with E-state index in [0.717, 1.165) is 38.8 Å². The quantitative estimate of drug-likeness (QED) is 0.710. The number of likely N-dealkylation sites (tertiary alicyclic amines) is 1. The summed E-state index contributed by atoms with van der Waals surface area (Å²) < 4.78 is 30.7. The summed E-state index contributed by atoms with van der Waals surface area (Å²) in [5, 5.41) is 8.74. The molecule has 1 atom stereocenters. The number of carboxylic acid groups (broad SMARTS) is 1. The van der Waals surface area contributed by atoms with E-state index < -0.39 is 17.8 Å². The summed E-state index contributed by atoms with van der Waals surface area (Å²) in [7, 11) is 1.70. The lowest BCUT2D eigenvalue weighted by atomic mass is 9.65. The fraction of sp³-hybridized carbons (Fsp3) is 0.696. The van der Waals surface area contributed by atoms with Crippen LogP contribution in [0.2, 0.25) is 0 Å². The standard InChI is InChI=1S/C15H23F2NO2.C8H10O/c16-15(17)8-13(15)9-18-3-1-11(2-4-18)12-5-10(6-12)7-14(19)20;1-9-7-8-5-3-2-4-6-8/h10-13H,1-9H2,(H,19,20);2-6H,7H2,1H3. The molecule has 1 aliphatic heterocycles. The lowest BCUT2D eigenvalue weighted by molar-refractivity contribution is -0.139. The molecule has 162 valence electrons. The third kappa shape index (κ3) is 6.75. The Morgan fingerprint density at radius 3 is 2.31 bits per heavy atom. The van der Waals surface area contributed by atoms with E-state index in [1.54, 1.807) is 7.11 Å². The molecule has 4 rings (SSSR count). The van der Waals surface area contributed by atoms with Gasteiger partial charge in [0.05, 0.1) is 6.61 Å². The maximum Gasteiger partial charge on any atom is 0.303 e. The first kappa shape index (κ1) is 22.2. The third-order valence-corrected chi connectivity index (χ3v) is 6.62. The molecule has 29 heavy (non-hydrogen) atoms. The first-order valence-corrected chi connectivity index (χ1v) is 10.7. The summed E-state index contributed by atoms with van der Waals surface area (Å²) in [6, 6.07) is 10.1. The monoisotopic (exact) mass is 409 g/mol. The van der Waals surface area contributed by atoms with Gasteiger partial charge in [0.1, 0.15) is 0 Å². The van der Waals surface area contributed by atoms with E-state index in [4.69, 9.17) is 9.84 Å². The Balaban J connectivity index is 0.000000224.